The lowest BCUT2D eigenvalue weighted by Crippen LogP contribution is -2.31. The van der Waals surface area contributed by atoms with Crippen molar-refractivity contribution >= 4 is 5.91 Å². The normalized spacial score (nSPS) is 16.2. The van der Waals surface area contributed by atoms with Crippen LogP contribution in [-0.2, 0) is 7.05 Å². The van der Waals surface area contributed by atoms with Crippen LogP contribution in [-0.4, -0.2) is 32.2 Å². The van der Waals surface area contributed by atoms with Gasteiger partial charge < -0.3 is 14.7 Å². The number of aromatic hydroxyl groups is 1. The fourth-order valence-corrected chi connectivity index (χ4v) is 4.11. The van der Waals surface area contributed by atoms with Crippen LogP contribution in [0.3, 0.4) is 0 Å². The Bertz CT molecular complexity index is 1040. The van der Waals surface area contributed by atoms with Gasteiger partial charge in [0.1, 0.15) is 17.2 Å². The number of likely N-dealkylation sites (tertiary alicyclic amines) is 1. The standard InChI is InChI=1S/C23H25N3O3/c1-15-22(16(2)25(3)24-15)20-10-7-13-26(20)23(28)19-14-18(11-12-21(19)27)29-17-8-5-4-6-9-17/h4-6,8-9,11-12,14,20,27H,7,10,13H2,1-3H3. The van der Waals surface area contributed by atoms with Gasteiger partial charge in [-0.1, -0.05) is 18.2 Å². The Morgan fingerprint density at radius 2 is 1.90 bits per heavy atom. The summed E-state index contributed by atoms with van der Waals surface area (Å²) in [7, 11) is 1.92. The lowest BCUT2D eigenvalue weighted by atomic mass is 10.0. The number of rotatable bonds is 4. The van der Waals surface area contributed by atoms with E-state index in [1.165, 1.54) is 6.07 Å². The number of carbonyl (C=O) groups is 1. The average Bonchev–Trinajstić information content (AvgIpc) is 3.28. The number of ether oxygens (including phenoxy) is 1. The molecule has 3 aromatic rings. The molecule has 1 atom stereocenters. The predicted molar refractivity (Wildman–Crippen MR) is 110 cm³/mol. The van der Waals surface area contributed by atoms with Crippen LogP contribution in [0, 0.1) is 13.8 Å². The first-order valence-electron chi connectivity index (χ1n) is 9.82. The lowest BCUT2D eigenvalue weighted by molar-refractivity contribution is 0.0731. The molecule has 1 unspecified atom stereocenters. The van der Waals surface area contributed by atoms with Gasteiger partial charge in [-0.25, -0.2) is 0 Å². The molecular weight excluding hydrogens is 366 g/mol. The van der Waals surface area contributed by atoms with Gasteiger partial charge in [-0.05, 0) is 57.0 Å². The maximum atomic E-state index is 13.4. The third-order valence-corrected chi connectivity index (χ3v) is 5.59. The molecule has 150 valence electrons. The number of carbonyl (C=O) groups excluding carboxylic acids is 1. The minimum atomic E-state index is -0.189. The summed E-state index contributed by atoms with van der Waals surface area (Å²) in [4.78, 5) is 15.2. The quantitative estimate of drug-likeness (QED) is 0.710. The number of hydrogen-bond acceptors (Lipinski definition) is 4. The summed E-state index contributed by atoms with van der Waals surface area (Å²) in [5.41, 5.74) is 3.37. The number of aryl methyl sites for hydroxylation is 2. The van der Waals surface area contributed by atoms with E-state index < -0.39 is 0 Å². The van der Waals surface area contributed by atoms with Gasteiger partial charge in [-0.15, -0.1) is 0 Å². The highest BCUT2D eigenvalue weighted by molar-refractivity contribution is 5.97. The molecule has 6 heteroatoms. The fraction of sp³-hybridized carbons (Fsp3) is 0.304. The fourth-order valence-electron chi connectivity index (χ4n) is 4.11. The Morgan fingerprint density at radius 1 is 1.14 bits per heavy atom. The second kappa shape index (κ2) is 7.62. The highest BCUT2D eigenvalue weighted by Crippen LogP contribution is 2.38. The second-order valence-corrected chi connectivity index (χ2v) is 7.46. The number of hydrogen-bond donors (Lipinski definition) is 1. The van der Waals surface area contributed by atoms with Crippen molar-refractivity contribution in [2.24, 2.45) is 7.05 Å². The maximum Gasteiger partial charge on any atom is 0.258 e. The van der Waals surface area contributed by atoms with Gasteiger partial charge in [-0.2, -0.15) is 5.10 Å². The number of phenols is 1. The Balaban J connectivity index is 1.64. The molecule has 1 N–H and O–H groups in total. The van der Waals surface area contributed by atoms with E-state index in [1.54, 1.807) is 12.1 Å². The molecule has 0 spiro atoms. The van der Waals surface area contributed by atoms with Crippen LogP contribution in [0.1, 0.15) is 46.2 Å². The molecular formula is C23H25N3O3. The summed E-state index contributed by atoms with van der Waals surface area (Å²) in [5.74, 6) is 0.964. The van der Waals surface area contributed by atoms with E-state index in [-0.39, 0.29) is 23.3 Å². The van der Waals surface area contributed by atoms with Crippen molar-refractivity contribution in [3.8, 4) is 17.2 Å². The molecule has 0 saturated carbocycles. The Hall–Kier alpha value is -3.28. The SMILES string of the molecule is Cc1nn(C)c(C)c1C1CCCN1C(=O)c1cc(Oc2ccccc2)ccc1O. The number of nitrogens with zero attached hydrogens (tertiary/aromatic N) is 3. The molecule has 1 aliphatic rings. The highest BCUT2D eigenvalue weighted by atomic mass is 16.5. The molecule has 0 radical (unpaired) electrons. The molecule has 4 rings (SSSR count). The first-order chi connectivity index (χ1) is 14.0. The zero-order valence-corrected chi connectivity index (χ0v) is 16.9. The van der Waals surface area contributed by atoms with Crippen molar-refractivity contribution in [2.75, 3.05) is 6.54 Å². The minimum absolute atomic E-state index is 0.0331. The van der Waals surface area contributed by atoms with Crippen LogP contribution in [0.4, 0.5) is 0 Å². The predicted octanol–water partition coefficient (Wildman–Crippen LogP) is 4.51. The van der Waals surface area contributed by atoms with E-state index in [2.05, 4.69) is 5.10 Å². The molecule has 0 bridgehead atoms. The van der Waals surface area contributed by atoms with Crippen LogP contribution in [0.25, 0.3) is 0 Å². The van der Waals surface area contributed by atoms with E-state index in [0.717, 1.165) is 29.8 Å². The third-order valence-electron chi connectivity index (χ3n) is 5.59. The monoisotopic (exact) mass is 391 g/mol. The molecule has 29 heavy (non-hydrogen) atoms. The molecule has 2 aromatic carbocycles. The molecule has 1 aliphatic heterocycles. The van der Waals surface area contributed by atoms with Crippen molar-refractivity contribution in [3.05, 3.63) is 71.0 Å². The van der Waals surface area contributed by atoms with Crippen molar-refractivity contribution in [1.82, 2.24) is 14.7 Å². The largest absolute Gasteiger partial charge is 0.507 e. The van der Waals surface area contributed by atoms with Gasteiger partial charge in [0.15, 0.2) is 0 Å². The first kappa shape index (κ1) is 19.1. The van der Waals surface area contributed by atoms with E-state index in [0.29, 0.717) is 18.0 Å². The summed E-state index contributed by atoms with van der Waals surface area (Å²) in [6, 6.07) is 14.1. The van der Waals surface area contributed by atoms with Crippen molar-refractivity contribution in [1.29, 1.82) is 0 Å². The van der Waals surface area contributed by atoms with Gasteiger partial charge in [0, 0.05) is 24.8 Å². The molecule has 1 aromatic heterocycles. The maximum absolute atomic E-state index is 13.4. The summed E-state index contributed by atoms with van der Waals surface area (Å²) >= 11 is 0. The number of amides is 1. The second-order valence-electron chi connectivity index (χ2n) is 7.46. The molecule has 0 aliphatic carbocycles. The number of phenolic OH excluding ortho intramolecular Hbond substituents is 1. The Labute approximate surface area is 170 Å². The molecule has 1 amide bonds. The molecule has 1 fully saturated rings. The van der Waals surface area contributed by atoms with E-state index >= 15 is 0 Å². The van der Waals surface area contributed by atoms with Gasteiger partial charge in [0.25, 0.3) is 5.91 Å². The lowest BCUT2D eigenvalue weighted by Gasteiger charge is -2.26. The summed E-state index contributed by atoms with van der Waals surface area (Å²) in [5, 5.41) is 14.9. The van der Waals surface area contributed by atoms with Gasteiger partial charge >= 0.3 is 0 Å². The van der Waals surface area contributed by atoms with Crippen LogP contribution < -0.4 is 4.74 Å². The first-order valence-corrected chi connectivity index (χ1v) is 9.82. The topological polar surface area (TPSA) is 67.6 Å². The number of aromatic nitrogens is 2. The molecule has 2 heterocycles. The number of benzene rings is 2. The van der Waals surface area contributed by atoms with Crippen LogP contribution in [0.15, 0.2) is 48.5 Å². The van der Waals surface area contributed by atoms with E-state index in [9.17, 15) is 9.90 Å². The van der Waals surface area contributed by atoms with Crippen LogP contribution >= 0.6 is 0 Å². The van der Waals surface area contributed by atoms with Crippen molar-refractivity contribution in [3.63, 3.8) is 0 Å². The average molecular weight is 391 g/mol. The Morgan fingerprint density at radius 3 is 2.59 bits per heavy atom. The van der Waals surface area contributed by atoms with Gasteiger partial charge in [-0.3, -0.25) is 9.48 Å². The zero-order valence-electron chi connectivity index (χ0n) is 16.9. The van der Waals surface area contributed by atoms with Gasteiger partial charge in [0.2, 0.25) is 0 Å². The highest BCUT2D eigenvalue weighted by Gasteiger charge is 2.35. The van der Waals surface area contributed by atoms with Gasteiger partial charge in [0.05, 0.1) is 17.3 Å². The van der Waals surface area contributed by atoms with Crippen molar-refractivity contribution < 1.29 is 14.6 Å². The smallest absolute Gasteiger partial charge is 0.258 e. The minimum Gasteiger partial charge on any atom is -0.507 e. The Kier molecular flexibility index (Phi) is 5.01. The van der Waals surface area contributed by atoms with Crippen LogP contribution in [0.5, 0.6) is 17.2 Å². The van der Waals surface area contributed by atoms with Crippen molar-refractivity contribution in [2.45, 2.75) is 32.7 Å². The van der Waals surface area contributed by atoms with Crippen LogP contribution in [0.2, 0.25) is 0 Å². The van der Waals surface area contributed by atoms with E-state index in [4.69, 9.17) is 4.74 Å². The summed E-state index contributed by atoms with van der Waals surface area (Å²) < 4.78 is 7.70. The number of para-hydroxylation sites is 1. The summed E-state index contributed by atoms with van der Waals surface area (Å²) in [6.45, 7) is 4.66. The summed E-state index contributed by atoms with van der Waals surface area (Å²) in [6.07, 6.45) is 1.81. The third kappa shape index (κ3) is 3.58. The molecule has 1 saturated heterocycles. The zero-order chi connectivity index (χ0) is 20.5. The van der Waals surface area contributed by atoms with E-state index in [1.807, 2.05) is 60.8 Å². The molecule has 6 nitrogen and oxygen atoms in total.